The monoisotopic (exact) mass is 357 g/mol. The van der Waals surface area contributed by atoms with Crippen LogP contribution >= 0.6 is 15.9 Å². The highest BCUT2D eigenvalue weighted by atomic mass is 79.9. The van der Waals surface area contributed by atoms with Crippen molar-refractivity contribution in [1.29, 1.82) is 0 Å². The number of nitrogens with one attached hydrogen (secondary N) is 1. The molecule has 1 N–H and O–H groups in total. The normalized spacial score (nSPS) is 11.5. The Bertz CT molecular complexity index is 669. The summed E-state index contributed by atoms with van der Waals surface area (Å²) in [6.07, 6.45) is 0. The van der Waals surface area contributed by atoms with Crippen LogP contribution in [0.4, 0.5) is 4.39 Å². The minimum absolute atomic E-state index is 0.0518. The zero-order valence-corrected chi connectivity index (χ0v) is 12.9. The van der Waals surface area contributed by atoms with E-state index < -0.39 is 15.8 Å². The highest BCUT2D eigenvalue weighted by Crippen LogP contribution is 2.12. The molecule has 0 aromatic heterocycles. The molecule has 0 aliphatic carbocycles. The Morgan fingerprint density at radius 3 is 2.05 bits per heavy atom. The molecule has 0 amide bonds. The van der Waals surface area contributed by atoms with Crippen molar-refractivity contribution in [2.24, 2.45) is 0 Å². The molecule has 0 spiro atoms. The zero-order valence-electron chi connectivity index (χ0n) is 10.5. The summed E-state index contributed by atoms with van der Waals surface area (Å²) in [5.74, 6) is -0.464. The van der Waals surface area contributed by atoms with E-state index >= 15 is 0 Å². The van der Waals surface area contributed by atoms with E-state index in [1.54, 1.807) is 0 Å². The second-order valence-corrected chi connectivity index (χ2v) is 6.56. The van der Waals surface area contributed by atoms with E-state index in [2.05, 4.69) is 20.7 Å². The molecular formula is C14H13BrFNO2S. The van der Waals surface area contributed by atoms with Gasteiger partial charge in [0.05, 0.1) is 4.90 Å². The van der Waals surface area contributed by atoms with Crippen molar-refractivity contribution < 1.29 is 12.8 Å². The van der Waals surface area contributed by atoms with Gasteiger partial charge >= 0.3 is 0 Å². The molecule has 0 aliphatic heterocycles. The standard InChI is InChI=1S/C14H13BrFNO2S/c15-9-11-1-3-12(4-2-11)10-17-20(18,19)14-7-5-13(16)6-8-14/h1-8,17H,9-10H2. The maximum atomic E-state index is 12.8. The number of rotatable bonds is 5. The van der Waals surface area contributed by atoms with Gasteiger partial charge in [0.25, 0.3) is 0 Å². The molecule has 20 heavy (non-hydrogen) atoms. The van der Waals surface area contributed by atoms with Crippen molar-refractivity contribution in [3.8, 4) is 0 Å². The van der Waals surface area contributed by atoms with Crippen LogP contribution in [0, 0.1) is 5.82 Å². The summed E-state index contributed by atoms with van der Waals surface area (Å²) in [5, 5.41) is 0.759. The topological polar surface area (TPSA) is 46.2 Å². The zero-order chi connectivity index (χ0) is 14.6. The predicted molar refractivity (Wildman–Crippen MR) is 79.5 cm³/mol. The van der Waals surface area contributed by atoms with Gasteiger partial charge in [-0.15, -0.1) is 0 Å². The lowest BCUT2D eigenvalue weighted by Gasteiger charge is -2.07. The molecule has 0 aliphatic rings. The third-order valence-electron chi connectivity index (χ3n) is 2.77. The molecule has 0 radical (unpaired) electrons. The van der Waals surface area contributed by atoms with Gasteiger partial charge in [-0.2, -0.15) is 0 Å². The quantitative estimate of drug-likeness (QED) is 0.835. The van der Waals surface area contributed by atoms with Gasteiger partial charge in [-0.3, -0.25) is 0 Å². The third kappa shape index (κ3) is 3.88. The van der Waals surface area contributed by atoms with Crippen LogP contribution in [-0.4, -0.2) is 8.42 Å². The first-order valence-corrected chi connectivity index (χ1v) is 8.51. The smallest absolute Gasteiger partial charge is 0.207 e. The minimum atomic E-state index is -3.62. The molecule has 2 aromatic rings. The van der Waals surface area contributed by atoms with E-state index in [4.69, 9.17) is 0 Å². The minimum Gasteiger partial charge on any atom is -0.207 e. The van der Waals surface area contributed by atoms with Crippen molar-refractivity contribution in [1.82, 2.24) is 4.72 Å². The number of sulfonamides is 1. The largest absolute Gasteiger partial charge is 0.240 e. The van der Waals surface area contributed by atoms with E-state index in [0.717, 1.165) is 28.6 Å². The summed E-state index contributed by atoms with van der Waals surface area (Å²) < 4.78 is 39.3. The predicted octanol–water partition coefficient (Wildman–Crippen LogP) is 3.20. The summed E-state index contributed by atoms with van der Waals surface area (Å²) in [6, 6.07) is 12.3. The molecule has 6 heteroatoms. The van der Waals surface area contributed by atoms with Crippen LogP contribution in [0.2, 0.25) is 0 Å². The van der Waals surface area contributed by atoms with Gasteiger partial charge < -0.3 is 0 Å². The van der Waals surface area contributed by atoms with Crippen molar-refractivity contribution in [3.63, 3.8) is 0 Å². The molecule has 2 aromatic carbocycles. The highest BCUT2D eigenvalue weighted by Gasteiger charge is 2.13. The van der Waals surface area contributed by atoms with E-state index in [9.17, 15) is 12.8 Å². The molecule has 0 unspecified atom stereocenters. The first-order valence-electron chi connectivity index (χ1n) is 5.90. The maximum Gasteiger partial charge on any atom is 0.240 e. The van der Waals surface area contributed by atoms with E-state index in [0.29, 0.717) is 0 Å². The Kier molecular flexibility index (Phi) is 4.91. The molecule has 0 atom stereocenters. The van der Waals surface area contributed by atoms with Crippen LogP contribution in [-0.2, 0) is 21.9 Å². The van der Waals surface area contributed by atoms with Crippen LogP contribution in [0.25, 0.3) is 0 Å². The Morgan fingerprint density at radius 1 is 0.950 bits per heavy atom. The van der Waals surface area contributed by atoms with E-state index in [1.165, 1.54) is 12.1 Å². The van der Waals surface area contributed by atoms with Crippen LogP contribution in [0.5, 0.6) is 0 Å². The average molecular weight is 358 g/mol. The Labute approximate surface area is 126 Å². The third-order valence-corrected chi connectivity index (χ3v) is 4.83. The van der Waals surface area contributed by atoms with Gasteiger partial charge in [-0.25, -0.2) is 17.5 Å². The highest BCUT2D eigenvalue weighted by molar-refractivity contribution is 9.08. The van der Waals surface area contributed by atoms with Crippen molar-refractivity contribution in [2.45, 2.75) is 16.8 Å². The van der Waals surface area contributed by atoms with Gasteiger partial charge in [0.15, 0.2) is 0 Å². The first-order chi connectivity index (χ1) is 9.51. The molecule has 0 fully saturated rings. The number of hydrogen-bond acceptors (Lipinski definition) is 2. The Balaban J connectivity index is 2.06. The lowest BCUT2D eigenvalue weighted by atomic mass is 10.2. The van der Waals surface area contributed by atoms with Crippen LogP contribution in [0.1, 0.15) is 11.1 Å². The summed E-state index contributed by atoms with van der Waals surface area (Å²) >= 11 is 3.35. The Hall–Kier alpha value is -1.24. The average Bonchev–Trinajstić information content (AvgIpc) is 2.46. The van der Waals surface area contributed by atoms with Crippen molar-refractivity contribution in [3.05, 3.63) is 65.5 Å². The molecule has 0 saturated carbocycles. The van der Waals surface area contributed by atoms with Crippen LogP contribution in [0.3, 0.4) is 0 Å². The number of halogens is 2. The SMILES string of the molecule is O=S(=O)(NCc1ccc(CBr)cc1)c1ccc(F)cc1. The van der Waals surface area contributed by atoms with Gasteiger partial charge in [-0.05, 0) is 35.4 Å². The van der Waals surface area contributed by atoms with Crippen molar-refractivity contribution in [2.75, 3.05) is 0 Å². The lowest BCUT2D eigenvalue weighted by molar-refractivity contribution is 0.580. The molecule has 0 bridgehead atoms. The van der Waals surface area contributed by atoms with Gasteiger partial charge in [0.2, 0.25) is 10.0 Å². The molecule has 3 nitrogen and oxygen atoms in total. The fraction of sp³-hybridized carbons (Fsp3) is 0.143. The summed E-state index contributed by atoms with van der Waals surface area (Å²) in [4.78, 5) is 0.0518. The second-order valence-electron chi connectivity index (χ2n) is 4.23. The number of benzene rings is 2. The van der Waals surface area contributed by atoms with E-state index in [-0.39, 0.29) is 11.4 Å². The van der Waals surface area contributed by atoms with Gasteiger partial charge in [0, 0.05) is 11.9 Å². The second kappa shape index (κ2) is 6.47. The molecule has 106 valence electrons. The van der Waals surface area contributed by atoms with Crippen molar-refractivity contribution >= 4 is 26.0 Å². The lowest BCUT2D eigenvalue weighted by Crippen LogP contribution is -2.23. The maximum absolute atomic E-state index is 12.8. The summed E-state index contributed by atoms with van der Waals surface area (Å²) in [7, 11) is -3.62. The Morgan fingerprint density at radius 2 is 1.50 bits per heavy atom. The molecular weight excluding hydrogens is 345 g/mol. The molecule has 0 heterocycles. The number of hydrogen-bond donors (Lipinski definition) is 1. The molecule has 0 saturated heterocycles. The van der Waals surface area contributed by atoms with Crippen LogP contribution < -0.4 is 4.72 Å². The first kappa shape index (κ1) is 15.2. The molecule has 2 rings (SSSR count). The van der Waals surface area contributed by atoms with Gasteiger partial charge in [0.1, 0.15) is 5.82 Å². The number of alkyl halides is 1. The van der Waals surface area contributed by atoms with Gasteiger partial charge in [-0.1, -0.05) is 40.2 Å². The van der Waals surface area contributed by atoms with Crippen LogP contribution in [0.15, 0.2) is 53.4 Å². The fourth-order valence-electron chi connectivity index (χ4n) is 1.62. The van der Waals surface area contributed by atoms with E-state index in [1.807, 2.05) is 24.3 Å². The summed E-state index contributed by atoms with van der Waals surface area (Å²) in [6.45, 7) is 0.197. The fourth-order valence-corrected chi connectivity index (χ4v) is 3.01. The summed E-state index contributed by atoms with van der Waals surface area (Å²) in [5.41, 5.74) is 1.98.